The number of hydrogen-bond donors (Lipinski definition) is 1. The minimum Gasteiger partial charge on any atom is -0.497 e. The average molecular weight is 449 g/mol. The summed E-state index contributed by atoms with van der Waals surface area (Å²) in [5, 5.41) is 2.96. The fraction of sp³-hybridized carbons (Fsp3) is 0.333. The largest absolute Gasteiger partial charge is 0.497 e. The summed E-state index contributed by atoms with van der Waals surface area (Å²) in [6.07, 6.45) is 1.59. The van der Waals surface area contributed by atoms with Gasteiger partial charge in [0.15, 0.2) is 0 Å². The fourth-order valence-corrected chi connectivity index (χ4v) is 3.78. The van der Waals surface area contributed by atoms with Crippen LogP contribution in [0.25, 0.3) is 0 Å². The molecule has 1 aromatic heterocycles. The van der Waals surface area contributed by atoms with E-state index in [0.717, 1.165) is 37.4 Å². The predicted molar refractivity (Wildman–Crippen MR) is 110 cm³/mol. The molecular formula is C18H17Cl4N3O2. The minimum absolute atomic E-state index is 0.000708. The van der Waals surface area contributed by atoms with Crippen LogP contribution in [0.1, 0.15) is 23.3 Å². The molecule has 2 heterocycles. The average Bonchev–Trinajstić information content (AvgIpc) is 2.69. The van der Waals surface area contributed by atoms with Gasteiger partial charge in [0.2, 0.25) is 0 Å². The van der Waals surface area contributed by atoms with E-state index in [1.54, 1.807) is 7.11 Å². The Kier molecular flexibility index (Phi) is 6.58. The third kappa shape index (κ3) is 4.54. The van der Waals surface area contributed by atoms with Gasteiger partial charge in [0.25, 0.3) is 5.91 Å². The number of nitrogens with one attached hydrogen (secondary N) is 1. The van der Waals surface area contributed by atoms with Gasteiger partial charge < -0.3 is 15.0 Å². The van der Waals surface area contributed by atoms with Crippen molar-refractivity contribution in [3.63, 3.8) is 0 Å². The van der Waals surface area contributed by atoms with Crippen LogP contribution in [-0.4, -0.2) is 37.1 Å². The lowest BCUT2D eigenvalue weighted by Gasteiger charge is -2.34. The number of methoxy groups -OCH3 is 1. The number of carbonyl (C=O) groups excluding carboxylic acids is 1. The fourth-order valence-electron chi connectivity index (χ4n) is 2.97. The molecule has 9 heteroatoms. The van der Waals surface area contributed by atoms with E-state index < -0.39 is 5.91 Å². The first-order valence-corrected chi connectivity index (χ1v) is 9.81. The summed E-state index contributed by atoms with van der Waals surface area (Å²) in [5.74, 6) is 0.411. The normalized spacial score (nSPS) is 14.9. The lowest BCUT2D eigenvalue weighted by molar-refractivity contribution is 0.0926. The van der Waals surface area contributed by atoms with E-state index in [2.05, 4.69) is 15.2 Å². The predicted octanol–water partition coefficient (Wildman–Crippen LogP) is 5.10. The van der Waals surface area contributed by atoms with Crippen LogP contribution < -0.4 is 15.0 Å². The zero-order valence-corrected chi connectivity index (χ0v) is 17.5. The van der Waals surface area contributed by atoms with Gasteiger partial charge >= 0.3 is 0 Å². The molecule has 3 rings (SSSR count). The second-order valence-corrected chi connectivity index (χ2v) is 7.62. The number of anilines is 1. The minimum atomic E-state index is -0.414. The number of aromatic nitrogens is 1. The molecular weight excluding hydrogens is 432 g/mol. The van der Waals surface area contributed by atoms with Crippen LogP contribution in [0.15, 0.2) is 24.3 Å². The number of hydrogen-bond acceptors (Lipinski definition) is 4. The highest BCUT2D eigenvalue weighted by Crippen LogP contribution is 2.36. The molecule has 144 valence electrons. The summed E-state index contributed by atoms with van der Waals surface area (Å²) < 4.78 is 5.18. The molecule has 1 aromatic carbocycles. The molecule has 0 saturated carbocycles. The number of carbonyl (C=O) groups is 1. The number of nitrogens with zero attached hydrogens (tertiary/aromatic N) is 2. The Hall–Kier alpha value is -1.40. The molecule has 0 unspecified atom stereocenters. The quantitative estimate of drug-likeness (QED) is 0.660. The maximum atomic E-state index is 12.5. The van der Waals surface area contributed by atoms with E-state index in [-0.39, 0.29) is 32.0 Å². The van der Waals surface area contributed by atoms with Gasteiger partial charge in [-0.2, -0.15) is 0 Å². The molecule has 0 atom stereocenters. The number of amides is 1. The van der Waals surface area contributed by atoms with Crippen LogP contribution in [0.2, 0.25) is 20.2 Å². The van der Waals surface area contributed by atoms with Crippen molar-refractivity contribution in [1.82, 2.24) is 10.3 Å². The maximum absolute atomic E-state index is 12.5. The van der Waals surface area contributed by atoms with Crippen LogP contribution in [0, 0.1) is 0 Å². The van der Waals surface area contributed by atoms with E-state index in [4.69, 9.17) is 51.1 Å². The van der Waals surface area contributed by atoms with Gasteiger partial charge in [0, 0.05) is 24.8 Å². The van der Waals surface area contributed by atoms with Gasteiger partial charge in [-0.1, -0.05) is 46.4 Å². The Bertz CT molecular complexity index is 837. The van der Waals surface area contributed by atoms with Gasteiger partial charge in [-0.15, -0.1) is 0 Å². The molecule has 2 aromatic rings. The highest BCUT2D eigenvalue weighted by molar-refractivity contribution is 6.52. The topological polar surface area (TPSA) is 54.5 Å². The number of benzene rings is 1. The number of halogens is 4. The lowest BCUT2D eigenvalue weighted by Crippen LogP contribution is -2.45. The molecule has 1 amide bonds. The van der Waals surface area contributed by atoms with Gasteiger partial charge in [-0.3, -0.25) is 4.79 Å². The van der Waals surface area contributed by atoms with E-state index in [1.165, 1.54) is 0 Å². The van der Waals surface area contributed by atoms with Gasteiger partial charge in [-0.25, -0.2) is 4.98 Å². The second kappa shape index (κ2) is 8.74. The number of piperidine rings is 1. The molecule has 1 N–H and O–H groups in total. The molecule has 0 radical (unpaired) electrons. The van der Waals surface area contributed by atoms with E-state index in [1.807, 2.05) is 24.3 Å². The van der Waals surface area contributed by atoms with Crippen molar-refractivity contribution in [2.24, 2.45) is 0 Å². The van der Waals surface area contributed by atoms with E-state index >= 15 is 0 Å². The molecule has 0 bridgehead atoms. The molecule has 1 fully saturated rings. The van der Waals surface area contributed by atoms with Crippen molar-refractivity contribution < 1.29 is 9.53 Å². The summed E-state index contributed by atoms with van der Waals surface area (Å²) >= 11 is 23.9. The van der Waals surface area contributed by atoms with Crippen LogP contribution in [0.5, 0.6) is 5.75 Å². The van der Waals surface area contributed by atoms with Crippen molar-refractivity contribution in [3.8, 4) is 5.75 Å². The molecule has 1 saturated heterocycles. The highest BCUT2D eigenvalue weighted by atomic mass is 35.5. The highest BCUT2D eigenvalue weighted by Gasteiger charge is 2.25. The van der Waals surface area contributed by atoms with Crippen molar-refractivity contribution in [2.45, 2.75) is 18.9 Å². The summed E-state index contributed by atoms with van der Waals surface area (Å²) in [4.78, 5) is 18.8. The third-order valence-corrected chi connectivity index (χ3v) is 6.14. The summed E-state index contributed by atoms with van der Waals surface area (Å²) in [5.41, 5.74) is 1.11. The summed E-state index contributed by atoms with van der Waals surface area (Å²) in [6.45, 7) is 1.64. The molecule has 0 spiro atoms. The number of ether oxygens (including phenoxy) is 1. The Labute approximate surface area is 177 Å². The summed E-state index contributed by atoms with van der Waals surface area (Å²) in [6, 6.07) is 7.94. The van der Waals surface area contributed by atoms with Crippen LogP contribution in [-0.2, 0) is 0 Å². The molecule has 0 aliphatic carbocycles. The number of rotatable bonds is 4. The Morgan fingerprint density at radius 3 is 2.30 bits per heavy atom. The SMILES string of the molecule is COc1ccc(N2CCC(NC(=O)c3nc(Cl)c(Cl)c(Cl)c3Cl)CC2)cc1. The lowest BCUT2D eigenvalue weighted by atomic mass is 10.0. The molecule has 27 heavy (non-hydrogen) atoms. The van der Waals surface area contributed by atoms with Crippen LogP contribution >= 0.6 is 46.4 Å². The smallest absolute Gasteiger partial charge is 0.271 e. The first kappa shape index (κ1) is 20.3. The Morgan fingerprint density at radius 1 is 1.07 bits per heavy atom. The number of pyridine rings is 1. The van der Waals surface area contributed by atoms with Crippen molar-refractivity contribution in [1.29, 1.82) is 0 Å². The summed E-state index contributed by atoms with van der Waals surface area (Å²) in [7, 11) is 1.64. The third-order valence-electron chi connectivity index (χ3n) is 4.47. The molecule has 5 nitrogen and oxygen atoms in total. The molecule has 1 aliphatic rings. The monoisotopic (exact) mass is 447 g/mol. The zero-order valence-electron chi connectivity index (χ0n) is 14.4. The first-order chi connectivity index (χ1) is 12.9. The second-order valence-electron chi connectivity index (χ2n) is 6.13. The maximum Gasteiger partial charge on any atom is 0.271 e. The van der Waals surface area contributed by atoms with Crippen molar-refractivity contribution >= 4 is 58.0 Å². The van der Waals surface area contributed by atoms with Gasteiger partial charge in [-0.05, 0) is 37.1 Å². The van der Waals surface area contributed by atoms with Gasteiger partial charge in [0.05, 0.1) is 22.2 Å². The first-order valence-electron chi connectivity index (χ1n) is 8.30. The molecule has 1 aliphatic heterocycles. The van der Waals surface area contributed by atoms with Crippen molar-refractivity contribution in [3.05, 3.63) is 50.2 Å². The standard InChI is InChI=1S/C18H17Cl4N3O2/c1-27-12-4-2-11(3-5-12)25-8-6-10(7-9-25)23-18(26)16-14(20)13(19)15(21)17(22)24-16/h2-5,10H,6-9H2,1H3,(H,23,26). The van der Waals surface area contributed by atoms with Crippen LogP contribution in [0.4, 0.5) is 5.69 Å². The van der Waals surface area contributed by atoms with E-state index in [0.29, 0.717) is 0 Å². The van der Waals surface area contributed by atoms with E-state index in [9.17, 15) is 4.79 Å². The zero-order chi connectivity index (χ0) is 19.6. The Balaban J connectivity index is 1.61. The van der Waals surface area contributed by atoms with Crippen LogP contribution in [0.3, 0.4) is 0 Å². The van der Waals surface area contributed by atoms with Crippen molar-refractivity contribution in [2.75, 3.05) is 25.1 Å². The van der Waals surface area contributed by atoms with Gasteiger partial charge in [0.1, 0.15) is 16.6 Å². The Morgan fingerprint density at radius 2 is 1.70 bits per heavy atom.